The zero-order valence-electron chi connectivity index (χ0n) is 12.5. The SMILES string of the molecule is CCSc1cccc(N(C)CC2CCCC2)c1C(=N)N. The first kappa shape index (κ1) is 15.2. The van der Waals surface area contributed by atoms with Crippen molar-refractivity contribution in [3.05, 3.63) is 23.8 Å². The monoisotopic (exact) mass is 291 g/mol. The summed E-state index contributed by atoms with van der Waals surface area (Å²) >= 11 is 1.76. The molecular weight excluding hydrogens is 266 g/mol. The van der Waals surface area contributed by atoms with Crippen LogP contribution in [-0.4, -0.2) is 25.2 Å². The van der Waals surface area contributed by atoms with Gasteiger partial charge in [0.25, 0.3) is 0 Å². The number of hydrogen-bond donors (Lipinski definition) is 2. The molecule has 20 heavy (non-hydrogen) atoms. The van der Waals surface area contributed by atoms with Gasteiger partial charge in [-0.25, -0.2) is 0 Å². The molecule has 0 bridgehead atoms. The van der Waals surface area contributed by atoms with Crippen LogP contribution in [0.5, 0.6) is 0 Å². The molecule has 0 aromatic heterocycles. The molecule has 1 fully saturated rings. The van der Waals surface area contributed by atoms with Crippen molar-refractivity contribution in [2.75, 3.05) is 24.2 Å². The zero-order valence-corrected chi connectivity index (χ0v) is 13.3. The number of nitrogen functional groups attached to an aromatic ring is 1. The van der Waals surface area contributed by atoms with Crippen LogP contribution in [0.1, 0.15) is 38.2 Å². The molecule has 0 heterocycles. The molecule has 2 rings (SSSR count). The Kier molecular flexibility index (Phi) is 5.35. The van der Waals surface area contributed by atoms with Crippen LogP contribution in [0.15, 0.2) is 23.1 Å². The van der Waals surface area contributed by atoms with Gasteiger partial charge in [-0.2, -0.15) is 0 Å². The molecule has 0 amide bonds. The molecule has 3 N–H and O–H groups in total. The molecule has 0 aliphatic heterocycles. The summed E-state index contributed by atoms with van der Waals surface area (Å²) in [6, 6.07) is 6.23. The Labute approximate surface area is 126 Å². The number of rotatable bonds is 6. The molecule has 0 saturated heterocycles. The van der Waals surface area contributed by atoms with E-state index in [4.69, 9.17) is 11.1 Å². The summed E-state index contributed by atoms with van der Waals surface area (Å²) < 4.78 is 0. The molecule has 110 valence electrons. The van der Waals surface area contributed by atoms with Crippen LogP contribution >= 0.6 is 11.8 Å². The summed E-state index contributed by atoms with van der Waals surface area (Å²) in [5.41, 5.74) is 7.84. The van der Waals surface area contributed by atoms with Crippen LogP contribution in [0.25, 0.3) is 0 Å². The Morgan fingerprint density at radius 3 is 2.70 bits per heavy atom. The maximum absolute atomic E-state index is 7.91. The van der Waals surface area contributed by atoms with Crippen molar-refractivity contribution in [3.63, 3.8) is 0 Å². The Bertz CT molecular complexity index is 467. The fourth-order valence-electron chi connectivity index (χ4n) is 3.06. The molecule has 1 aromatic rings. The quantitative estimate of drug-likeness (QED) is 0.477. The highest BCUT2D eigenvalue weighted by molar-refractivity contribution is 7.99. The van der Waals surface area contributed by atoms with Crippen molar-refractivity contribution in [1.29, 1.82) is 5.41 Å². The van der Waals surface area contributed by atoms with E-state index in [1.165, 1.54) is 25.7 Å². The van der Waals surface area contributed by atoms with Crippen LogP contribution in [0.4, 0.5) is 5.69 Å². The van der Waals surface area contributed by atoms with E-state index in [9.17, 15) is 0 Å². The molecule has 0 unspecified atom stereocenters. The number of amidine groups is 1. The highest BCUT2D eigenvalue weighted by Crippen LogP contribution is 2.32. The van der Waals surface area contributed by atoms with Gasteiger partial charge in [0.1, 0.15) is 5.84 Å². The topological polar surface area (TPSA) is 53.1 Å². The van der Waals surface area contributed by atoms with Crippen molar-refractivity contribution in [2.24, 2.45) is 11.7 Å². The van der Waals surface area contributed by atoms with Gasteiger partial charge in [-0.15, -0.1) is 11.8 Å². The summed E-state index contributed by atoms with van der Waals surface area (Å²) in [6.45, 7) is 3.20. The third-order valence-corrected chi connectivity index (χ3v) is 4.93. The van der Waals surface area contributed by atoms with E-state index in [-0.39, 0.29) is 5.84 Å². The van der Waals surface area contributed by atoms with Gasteiger partial charge in [0, 0.05) is 24.2 Å². The van der Waals surface area contributed by atoms with Gasteiger partial charge >= 0.3 is 0 Å². The summed E-state index contributed by atoms with van der Waals surface area (Å²) in [4.78, 5) is 3.41. The van der Waals surface area contributed by atoms with E-state index in [2.05, 4.69) is 37.1 Å². The third kappa shape index (κ3) is 3.48. The van der Waals surface area contributed by atoms with Crippen molar-refractivity contribution < 1.29 is 0 Å². The second-order valence-corrected chi connectivity index (χ2v) is 6.83. The fraction of sp³-hybridized carbons (Fsp3) is 0.562. The summed E-state index contributed by atoms with van der Waals surface area (Å²) in [5, 5.41) is 7.91. The number of thioether (sulfide) groups is 1. The number of nitrogens with zero attached hydrogens (tertiary/aromatic N) is 1. The summed E-state index contributed by atoms with van der Waals surface area (Å²) in [6.07, 6.45) is 5.40. The summed E-state index contributed by atoms with van der Waals surface area (Å²) in [7, 11) is 2.13. The Hall–Kier alpha value is -1.16. The number of hydrogen-bond acceptors (Lipinski definition) is 3. The number of nitrogens with one attached hydrogen (secondary N) is 1. The zero-order chi connectivity index (χ0) is 14.5. The highest BCUT2D eigenvalue weighted by Gasteiger charge is 2.20. The van der Waals surface area contributed by atoms with E-state index in [0.29, 0.717) is 0 Å². The first-order valence-corrected chi connectivity index (χ1v) is 8.43. The molecule has 4 heteroatoms. The molecule has 1 saturated carbocycles. The lowest BCUT2D eigenvalue weighted by molar-refractivity contribution is 0.547. The molecular formula is C16H25N3S. The maximum atomic E-state index is 7.91. The van der Waals surface area contributed by atoms with E-state index in [1.807, 2.05) is 0 Å². The molecule has 0 atom stereocenters. The Morgan fingerprint density at radius 2 is 2.10 bits per heavy atom. The number of nitrogens with two attached hydrogens (primary N) is 1. The predicted octanol–water partition coefficient (Wildman–Crippen LogP) is 3.71. The van der Waals surface area contributed by atoms with Gasteiger partial charge < -0.3 is 10.6 Å². The molecule has 1 aromatic carbocycles. The number of benzene rings is 1. The van der Waals surface area contributed by atoms with E-state index >= 15 is 0 Å². The average Bonchev–Trinajstić information content (AvgIpc) is 2.91. The lowest BCUT2D eigenvalue weighted by Gasteiger charge is -2.26. The lowest BCUT2D eigenvalue weighted by atomic mass is 10.1. The maximum Gasteiger partial charge on any atom is 0.126 e. The smallest absolute Gasteiger partial charge is 0.126 e. The minimum Gasteiger partial charge on any atom is -0.384 e. The summed E-state index contributed by atoms with van der Waals surface area (Å²) in [5.74, 6) is 1.97. The van der Waals surface area contributed by atoms with Crippen LogP contribution in [0.3, 0.4) is 0 Å². The predicted molar refractivity (Wildman–Crippen MR) is 89.1 cm³/mol. The second kappa shape index (κ2) is 7.02. The molecule has 3 nitrogen and oxygen atoms in total. The van der Waals surface area contributed by atoms with Gasteiger partial charge in [0.2, 0.25) is 0 Å². The Morgan fingerprint density at radius 1 is 1.40 bits per heavy atom. The first-order valence-electron chi connectivity index (χ1n) is 7.44. The number of anilines is 1. The van der Waals surface area contributed by atoms with Crippen LogP contribution in [-0.2, 0) is 0 Å². The molecule has 1 aliphatic rings. The van der Waals surface area contributed by atoms with Gasteiger partial charge in [-0.1, -0.05) is 25.8 Å². The van der Waals surface area contributed by atoms with Gasteiger partial charge in [0.05, 0.1) is 5.56 Å². The Balaban J connectivity index is 2.24. The average molecular weight is 291 g/mol. The standard InChI is InChI=1S/C16H25N3S/c1-3-20-14-10-6-9-13(15(14)16(17)18)19(2)11-12-7-4-5-8-12/h6,9-10,12H,3-5,7-8,11H2,1-2H3,(H3,17,18). The van der Waals surface area contributed by atoms with Crippen molar-refractivity contribution >= 4 is 23.3 Å². The molecule has 0 spiro atoms. The minimum atomic E-state index is 0.176. The normalized spacial score (nSPS) is 15.5. The highest BCUT2D eigenvalue weighted by atomic mass is 32.2. The second-order valence-electron chi connectivity index (χ2n) is 5.53. The van der Waals surface area contributed by atoms with Crippen LogP contribution < -0.4 is 10.6 Å². The van der Waals surface area contributed by atoms with Crippen LogP contribution in [0, 0.1) is 11.3 Å². The lowest BCUT2D eigenvalue weighted by Crippen LogP contribution is -2.27. The van der Waals surface area contributed by atoms with Crippen molar-refractivity contribution in [1.82, 2.24) is 0 Å². The largest absolute Gasteiger partial charge is 0.384 e. The van der Waals surface area contributed by atoms with Gasteiger partial charge in [-0.3, -0.25) is 5.41 Å². The van der Waals surface area contributed by atoms with Crippen LogP contribution in [0.2, 0.25) is 0 Å². The third-order valence-electron chi connectivity index (χ3n) is 3.99. The van der Waals surface area contributed by atoms with Crippen molar-refractivity contribution in [3.8, 4) is 0 Å². The molecule has 1 aliphatic carbocycles. The fourth-order valence-corrected chi connectivity index (χ4v) is 3.91. The van der Waals surface area contributed by atoms with E-state index < -0.39 is 0 Å². The molecule has 0 radical (unpaired) electrons. The van der Waals surface area contributed by atoms with E-state index in [1.54, 1.807) is 11.8 Å². The minimum absolute atomic E-state index is 0.176. The van der Waals surface area contributed by atoms with Gasteiger partial charge in [-0.05, 0) is 36.6 Å². The first-order chi connectivity index (χ1) is 9.63. The van der Waals surface area contributed by atoms with Crippen molar-refractivity contribution in [2.45, 2.75) is 37.5 Å². The van der Waals surface area contributed by atoms with Gasteiger partial charge in [0.15, 0.2) is 0 Å². The van der Waals surface area contributed by atoms with E-state index in [0.717, 1.165) is 34.4 Å².